The van der Waals surface area contributed by atoms with Crippen LogP contribution in [0.1, 0.15) is 12.8 Å². The van der Waals surface area contributed by atoms with Crippen LogP contribution >= 0.6 is 0 Å². The largest absolute Gasteiger partial charge is 0.366 e. The van der Waals surface area contributed by atoms with Crippen molar-refractivity contribution in [2.75, 3.05) is 0 Å². The number of rotatable bonds is 3. The summed E-state index contributed by atoms with van der Waals surface area (Å²) in [6.07, 6.45) is 3.88. The molecule has 0 aromatic rings. The van der Waals surface area contributed by atoms with E-state index in [4.69, 9.17) is 11.0 Å². The number of hydrogen-bond acceptors (Lipinski definition) is 2. The van der Waals surface area contributed by atoms with Crippen LogP contribution in [0.5, 0.6) is 0 Å². The van der Waals surface area contributed by atoms with Crippen molar-refractivity contribution in [1.29, 1.82) is 5.26 Å². The van der Waals surface area contributed by atoms with Gasteiger partial charge in [0.25, 0.3) is 0 Å². The maximum absolute atomic E-state index is 10.0. The summed E-state index contributed by atoms with van der Waals surface area (Å²) in [4.78, 5) is 10.0. The van der Waals surface area contributed by atoms with Gasteiger partial charge in [-0.1, -0.05) is 6.08 Å². The highest BCUT2D eigenvalue weighted by Gasteiger charge is 1.80. The Morgan fingerprint density at radius 2 is 2.44 bits per heavy atom. The molecule has 0 bridgehead atoms. The molecule has 0 saturated heterocycles. The van der Waals surface area contributed by atoms with Crippen LogP contribution in [0.3, 0.4) is 0 Å². The SMILES string of the molecule is N#CCCC=CC(N)=O. The second-order valence-electron chi connectivity index (χ2n) is 1.50. The van der Waals surface area contributed by atoms with E-state index in [0.717, 1.165) is 0 Å². The minimum absolute atomic E-state index is 0.434. The fraction of sp³-hybridized carbons (Fsp3) is 0.333. The molecule has 48 valence electrons. The zero-order valence-electron chi connectivity index (χ0n) is 5.00. The maximum Gasteiger partial charge on any atom is 0.241 e. The van der Waals surface area contributed by atoms with Crippen molar-refractivity contribution < 1.29 is 4.79 Å². The van der Waals surface area contributed by atoms with E-state index in [1.54, 1.807) is 6.08 Å². The summed E-state index contributed by atoms with van der Waals surface area (Å²) in [6, 6.07) is 1.94. The van der Waals surface area contributed by atoms with Crippen LogP contribution in [0.15, 0.2) is 12.2 Å². The zero-order valence-corrected chi connectivity index (χ0v) is 5.00. The van der Waals surface area contributed by atoms with Crippen molar-refractivity contribution in [2.45, 2.75) is 12.8 Å². The number of carbonyl (C=O) groups is 1. The minimum atomic E-state index is -0.465. The lowest BCUT2D eigenvalue weighted by atomic mass is 10.3. The number of unbranched alkanes of at least 4 members (excludes halogenated alkanes) is 1. The molecule has 0 spiro atoms. The zero-order chi connectivity index (χ0) is 7.11. The van der Waals surface area contributed by atoms with E-state index in [0.29, 0.717) is 12.8 Å². The first-order valence-electron chi connectivity index (χ1n) is 2.60. The van der Waals surface area contributed by atoms with Crippen LogP contribution in [0, 0.1) is 11.3 Å². The van der Waals surface area contributed by atoms with E-state index in [-0.39, 0.29) is 0 Å². The van der Waals surface area contributed by atoms with Gasteiger partial charge in [0.15, 0.2) is 0 Å². The molecule has 0 aliphatic heterocycles. The highest BCUT2D eigenvalue weighted by molar-refractivity contribution is 5.85. The van der Waals surface area contributed by atoms with Crippen molar-refractivity contribution in [3.63, 3.8) is 0 Å². The maximum atomic E-state index is 10.0. The van der Waals surface area contributed by atoms with E-state index in [9.17, 15) is 4.79 Å². The molecule has 2 N–H and O–H groups in total. The van der Waals surface area contributed by atoms with Crippen molar-refractivity contribution in [3.05, 3.63) is 12.2 Å². The fourth-order valence-corrected chi connectivity index (χ4v) is 0.347. The Kier molecular flexibility index (Phi) is 4.15. The molecule has 9 heavy (non-hydrogen) atoms. The molecular formula is C6H8N2O. The summed E-state index contributed by atoms with van der Waals surface area (Å²) >= 11 is 0. The van der Waals surface area contributed by atoms with E-state index in [2.05, 4.69) is 0 Å². The average Bonchev–Trinajstić information content (AvgIpc) is 1.80. The van der Waals surface area contributed by atoms with E-state index >= 15 is 0 Å². The number of hydrogen-bond donors (Lipinski definition) is 1. The molecule has 0 aromatic carbocycles. The summed E-state index contributed by atoms with van der Waals surface area (Å²) in [7, 11) is 0. The lowest BCUT2D eigenvalue weighted by Crippen LogP contribution is -2.05. The van der Waals surface area contributed by atoms with Gasteiger partial charge >= 0.3 is 0 Å². The minimum Gasteiger partial charge on any atom is -0.366 e. The van der Waals surface area contributed by atoms with E-state index in [1.807, 2.05) is 6.07 Å². The second kappa shape index (κ2) is 4.85. The number of nitriles is 1. The average molecular weight is 124 g/mol. The van der Waals surface area contributed by atoms with Gasteiger partial charge in [0, 0.05) is 6.42 Å². The van der Waals surface area contributed by atoms with Gasteiger partial charge in [0.1, 0.15) is 0 Å². The summed E-state index contributed by atoms with van der Waals surface area (Å²) in [5.41, 5.74) is 4.77. The van der Waals surface area contributed by atoms with E-state index in [1.165, 1.54) is 6.08 Å². The molecule has 0 aliphatic rings. The van der Waals surface area contributed by atoms with Crippen LogP contribution < -0.4 is 5.73 Å². The Morgan fingerprint density at radius 1 is 1.78 bits per heavy atom. The molecule has 3 nitrogen and oxygen atoms in total. The van der Waals surface area contributed by atoms with Crippen LogP contribution in [0.2, 0.25) is 0 Å². The van der Waals surface area contributed by atoms with Gasteiger partial charge in [-0.2, -0.15) is 5.26 Å². The fourth-order valence-electron chi connectivity index (χ4n) is 0.347. The first-order chi connectivity index (χ1) is 4.27. The van der Waals surface area contributed by atoms with Crippen molar-refractivity contribution >= 4 is 5.91 Å². The molecule has 0 fully saturated rings. The highest BCUT2D eigenvalue weighted by Crippen LogP contribution is 1.86. The van der Waals surface area contributed by atoms with Gasteiger partial charge in [-0.05, 0) is 12.5 Å². The molecule has 1 amide bonds. The molecule has 0 heterocycles. The molecule has 0 aromatic heterocycles. The lowest BCUT2D eigenvalue weighted by molar-refractivity contribution is -0.113. The molecule has 0 rings (SSSR count). The number of primary amides is 1. The number of allylic oxidation sites excluding steroid dienone is 1. The van der Waals surface area contributed by atoms with Crippen molar-refractivity contribution in [3.8, 4) is 6.07 Å². The summed E-state index contributed by atoms with van der Waals surface area (Å²) < 4.78 is 0. The third-order valence-corrected chi connectivity index (χ3v) is 0.705. The Balaban J connectivity index is 3.28. The van der Waals surface area contributed by atoms with E-state index < -0.39 is 5.91 Å². The molecule has 0 radical (unpaired) electrons. The number of carbonyl (C=O) groups excluding carboxylic acids is 1. The summed E-state index contributed by atoms with van der Waals surface area (Å²) in [5, 5.41) is 8.03. The Morgan fingerprint density at radius 3 is 2.89 bits per heavy atom. The predicted octanol–water partition coefficient (Wildman–Crippen LogP) is 0.332. The van der Waals surface area contributed by atoms with Crippen molar-refractivity contribution in [2.24, 2.45) is 5.73 Å². The lowest BCUT2D eigenvalue weighted by Gasteiger charge is -1.78. The van der Waals surface area contributed by atoms with Crippen LogP contribution in [-0.4, -0.2) is 5.91 Å². The summed E-state index contributed by atoms with van der Waals surface area (Å²) in [6.45, 7) is 0. The third-order valence-electron chi connectivity index (χ3n) is 0.705. The third kappa shape index (κ3) is 6.70. The number of amides is 1. The standard InChI is InChI=1S/C6H8N2O/c7-5-3-1-2-4-6(8)9/h2,4H,1,3H2,(H2,8,9). The molecule has 0 atom stereocenters. The Bertz CT molecular complexity index is 155. The topological polar surface area (TPSA) is 66.9 Å². The van der Waals surface area contributed by atoms with Crippen LogP contribution in [0.25, 0.3) is 0 Å². The molecule has 0 saturated carbocycles. The quantitative estimate of drug-likeness (QED) is 0.435. The normalized spacial score (nSPS) is 9.22. The smallest absolute Gasteiger partial charge is 0.241 e. The predicted molar refractivity (Wildman–Crippen MR) is 33.2 cm³/mol. The molecular weight excluding hydrogens is 116 g/mol. The van der Waals surface area contributed by atoms with Gasteiger partial charge in [0.05, 0.1) is 6.07 Å². The first kappa shape index (κ1) is 7.70. The van der Waals surface area contributed by atoms with Gasteiger partial charge in [-0.15, -0.1) is 0 Å². The van der Waals surface area contributed by atoms with Gasteiger partial charge in [-0.25, -0.2) is 0 Å². The van der Waals surface area contributed by atoms with Gasteiger partial charge in [-0.3, -0.25) is 4.79 Å². The first-order valence-corrected chi connectivity index (χ1v) is 2.60. The highest BCUT2D eigenvalue weighted by atomic mass is 16.1. The Labute approximate surface area is 53.8 Å². The molecule has 0 aliphatic carbocycles. The Hall–Kier alpha value is -1.30. The number of nitrogens with two attached hydrogens (primary N) is 1. The van der Waals surface area contributed by atoms with Crippen LogP contribution in [0.4, 0.5) is 0 Å². The second-order valence-corrected chi connectivity index (χ2v) is 1.50. The monoisotopic (exact) mass is 124 g/mol. The van der Waals surface area contributed by atoms with Crippen molar-refractivity contribution in [1.82, 2.24) is 0 Å². The van der Waals surface area contributed by atoms with Gasteiger partial charge in [0.2, 0.25) is 5.91 Å². The molecule has 3 heteroatoms. The van der Waals surface area contributed by atoms with Gasteiger partial charge < -0.3 is 5.73 Å². The number of nitrogens with zero attached hydrogens (tertiary/aromatic N) is 1. The molecule has 0 unspecified atom stereocenters. The summed E-state index contributed by atoms with van der Waals surface area (Å²) in [5.74, 6) is -0.465. The van der Waals surface area contributed by atoms with Crippen LogP contribution in [-0.2, 0) is 4.79 Å².